The van der Waals surface area contributed by atoms with Crippen molar-refractivity contribution in [2.75, 3.05) is 5.32 Å². The van der Waals surface area contributed by atoms with Gasteiger partial charge < -0.3 is 5.32 Å². The highest BCUT2D eigenvalue weighted by molar-refractivity contribution is 7.21. The number of anilines is 1. The molecule has 0 bridgehead atoms. The van der Waals surface area contributed by atoms with Gasteiger partial charge in [-0.3, -0.25) is 4.79 Å². The Morgan fingerprint density at radius 2 is 1.62 bits per heavy atom. The van der Waals surface area contributed by atoms with Gasteiger partial charge in [0.25, 0.3) is 5.91 Å². The minimum atomic E-state index is -0.315. The van der Waals surface area contributed by atoms with Crippen LogP contribution in [0.4, 0.5) is 5.69 Å². The number of nitrogens with zero attached hydrogens (tertiary/aromatic N) is 2. The highest BCUT2D eigenvalue weighted by Gasteiger charge is 2.14. The zero-order valence-electron chi connectivity index (χ0n) is 13.2. The Morgan fingerprint density at radius 3 is 2.38 bits per heavy atom. The van der Waals surface area contributed by atoms with Crippen molar-refractivity contribution in [3.63, 3.8) is 0 Å². The van der Waals surface area contributed by atoms with Crippen molar-refractivity contribution >= 4 is 56.3 Å². The molecule has 0 fully saturated rings. The summed E-state index contributed by atoms with van der Waals surface area (Å²) in [6, 6.07) is 18.4. The van der Waals surface area contributed by atoms with E-state index >= 15 is 0 Å². The van der Waals surface area contributed by atoms with Crippen LogP contribution in [-0.2, 0) is 0 Å². The molecular weight excluding hydrogens is 389 g/mol. The second-order valence-electron chi connectivity index (χ2n) is 5.49. The first-order valence-electron chi connectivity index (χ1n) is 7.69. The van der Waals surface area contributed by atoms with E-state index in [0.717, 1.165) is 20.8 Å². The van der Waals surface area contributed by atoms with Crippen molar-refractivity contribution in [1.29, 1.82) is 0 Å². The van der Waals surface area contributed by atoms with Crippen molar-refractivity contribution < 1.29 is 4.79 Å². The molecule has 0 aliphatic rings. The molecule has 0 radical (unpaired) electrons. The maximum atomic E-state index is 12.6. The maximum absolute atomic E-state index is 12.6. The lowest BCUT2D eigenvalue weighted by Crippen LogP contribution is -2.13. The van der Waals surface area contributed by atoms with Gasteiger partial charge in [0.1, 0.15) is 15.3 Å². The molecule has 0 unspecified atom stereocenters. The highest BCUT2D eigenvalue weighted by atomic mass is 35.5. The predicted octanol–water partition coefficient (Wildman–Crippen LogP) is 5.92. The number of hydrogen-bond acceptors (Lipinski definition) is 4. The van der Waals surface area contributed by atoms with E-state index in [2.05, 4.69) is 15.3 Å². The number of carbonyl (C=O) groups excluding carboxylic acids is 1. The number of nitrogens with one attached hydrogen (secondary N) is 1. The molecule has 4 rings (SSSR count). The molecule has 0 aliphatic carbocycles. The van der Waals surface area contributed by atoms with Crippen LogP contribution in [0.3, 0.4) is 0 Å². The van der Waals surface area contributed by atoms with Crippen LogP contribution in [0.15, 0.2) is 60.7 Å². The molecule has 26 heavy (non-hydrogen) atoms. The van der Waals surface area contributed by atoms with E-state index in [4.69, 9.17) is 23.2 Å². The van der Waals surface area contributed by atoms with E-state index in [-0.39, 0.29) is 16.2 Å². The Bertz CT molecular complexity index is 1070. The zero-order valence-corrected chi connectivity index (χ0v) is 15.6. The van der Waals surface area contributed by atoms with Gasteiger partial charge in [-0.15, -0.1) is 11.3 Å². The van der Waals surface area contributed by atoms with Gasteiger partial charge in [-0.25, -0.2) is 9.97 Å². The molecule has 2 aromatic heterocycles. The number of para-hydroxylation sites is 2. The topological polar surface area (TPSA) is 54.9 Å². The molecular formula is C19H11Cl2N3OS. The minimum absolute atomic E-state index is 0.169. The predicted molar refractivity (Wildman–Crippen MR) is 107 cm³/mol. The quantitative estimate of drug-likeness (QED) is 0.435. The number of aromatic nitrogens is 2. The van der Waals surface area contributed by atoms with Crippen molar-refractivity contribution in [3.8, 4) is 10.6 Å². The number of rotatable bonds is 3. The van der Waals surface area contributed by atoms with Gasteiger partial charge in [-0.1, -0.05) is 47.5 Å². The van der Waals surface area contributed by atoms with Crippen molar-refractivity contribution in [1.82, 2.24) is 9.97 Å². The summed E-state index contributed by atoms with van der Waals surface area (Å²) in [5.74, 6) is -0.315. The Balaban J connectivity index is 1.70. The third-order valence-corrected chi connectivity index (χ3v) is 5.18. The molecule has 0 atom stereocenters. The van der Waals surface area contributed by atoms with E-state index in [9.17, 15) is 4.79 Å². The van der Waals surface area contributed by atoms with Crippen molar-refractivity contribution in [3.05, 3.63) is 76.5 Å². The number of thiazole rings is 1. The number of benzene rings is 2. The number of pyridine rings is 1. The SMILES string of the molecule is O=C(Nc1ccccc1-c1nc2ccccc2s1)c1cc(Cl)nc(Cl)c1. The van der Waals surface area contributed by atoms with E-state index in [1.807, 2.05) is 48.5 Å². The van der Waals surface area contributed by atoms with Crippen molar-refractivity contribution in [2.24, 2.45) is 0 Å². The van der Waals surface area contributed by atoms with Gasteiger partial charge in [0.05, 0.1) is 15.9 Å². The zero-order chi connectivity index (χ0) is 18.1. The van der Waals surface area contributed by atoms with Gasteiger partial charge in [0.15, 0.2) is 0 Å². The summed E-state index contributed by atoms with van der Waals surface area (Å²) in [6.07, 6.45) is 0. The first-order valence-corrected chi connectivity index (χ1v) is 9.27. The summed E-state index contributed by atoms with van der Waals surface area (Å²) in [7, 11) is 0. The summed E-state index contributed by atoms with van der Waals surface area (Å²) in [6.45, 7) is 0. The van der Waals surface area contributed by atoms with Crippen LogP contribution in [-0.4, -0.2) is 15.9 Å². The fourth-order valence-electron chi connectivity index (χ4n) is 2.56. The van der Waals surface area contributed by atoms with Crippen LogP contribution in [0.2, 0.25) is 10.3 Å². The fraction of sp³-hybridized carbons (Fsp3) is 0. The standard InChI is InChI=1S/C19H11Cl2N3OS/c20-16-9-11(10-17(21)24-16)18(25)22-13-6-2-1-5-12(13)19-23-14-7-3-4-8-15(14)26-19/h1-10H,(H,22,25). The minimum Gasteiger partial charge on any atom is -0.321 e. The molecule has 1 amide bonds. The van der Waals surface area contributed by atoms with Crippen LogP contribution in [0.25, 0.3) is 20.8 Å². The van der Waals surface area contributed by atoms with Crippen LogP contribution in [0.5, 0.6) is 0 Å². The van der Waals surface area contributed by atoms with Crippen LogP contribution in [0.1, 0.15) is 10.4 Å². The third kappa shape index (κ3) is 3.42. The number of fused-ring (bicyclic) bond motifs is 1. The number of amides is 1. The third-order valence-electron chi connectivity index (χ3n) is 3.72. The smallest absolute Gasteiger partial charge is 0.255 e. The molecule has 0 spiro atoms. The van der Waals surface area contributed by atoms with Gasteiger partial charge in [0.2, 0.25) is 0 Å². The molecule has 128 valence electrons. The average molecular weight is 400 g/mol. The summed E-state index contributed by atoms with van der Waals surface area (Å²) < 4.78 is 1.09. The summed E-state index contributed by atoms with van der Waals surface area (Å²) in [5, 5.41) is 4.08. The molecule has 0 saturated heterocycles. The number of hydrogen-bond donors (Lipinski definition) is 1. The lowest BCUT2D eigenvalue weighted by Gasteiger charge is -2.09. The van der Waals surface area contributed by atoms with E-state index in [0.29, 0.717) is 11.3 Å². The van der Waals surface area contributed by atoms with Crippen LogP contribution >= 0.6 is 34.5 Å². The molecule has 7 heteroatoms. The largest absolute Gasteiger partial charge is 0.321 e. The molecule has 0 aliphatic heterocycles. The lowest BCUT2D eigenvalue weighted by molar-refractivity contribution is 0.102. The maximum Gasteiger partial charge on any atom is 0.255 e. The fourth-order valence-corrected chi connectivity index (χ4v) is 4.02. The normalized spacial score (nSPS) is 10.8. The monoisotopic (exact) mass is 399 g/mol. The Hall–Kier alpha value is -2.47. The van der Waals surface area contributed by atoms with Gasteiger partial charge in [-0.05, 0) is 36.4 Å². The molecule has 1 N–H and O–H groups in total. The van der Waals surface area contributed by atoms with Gasteiger partial charge in [-0.2, -0.15) is 0 Å². The Morgan fingerprint density at radius 1 is 0.923 bits per heavy atom. The highest BCUT2D eigenvalue weighted by Crippen LogP contribution is 2.34. The molecule has 4 nitrogen and oxygen atoms in total. The van der Waals surface area contributed by atoms with E-state index in [1.54, 1.807) is 11.3 Å². The van der Waals surface area contributed by atoms with Gasteiger partial charge >= 0.3 is 0 Å². The summed E-state index contributed by atoms with van der Waals surface area (Å²) in [5.41, 5.74) is 2.80. The average Bonchev–Trinajstić information content (AvgIpc) is 3.05. The second kappa shape index (κ2) is 7.03. The lowest BCUT2D eigenvalue weighted by atomic mass is 10.1. The second-order valence-corrected chi connectivity index (χ2v) is 7.29. The number of carbonyl (C=O) groups is 1. The summed E-state index contributed by atoms with van der Waals surface area (Å²) in [4.78, 5) is 21.1. The van der Waals surface area contributed by atoms with E-state index in [1.165, 1.54) is 12.1 Å². The van der Waals surface area contributed by atoms with Crippen molar-refractivity contribution in [2.45, 2.75) is 0 Å². The summed E-state index contributed by atoms with van der Waals surface area (Å²) >= 11 is 13.3. The van der Waals surface area contributed by atoms with Gasteiger partial charge in [0, 0.05) is 11.1 Å². The first-order chi connectivity index (χ1) is 12.6. The number of halogens is 2. The van der Waals surface area contributed by atoms with Crippen LogP contribution < -0.4 is 5.32 Å². The molecule has 2 heterocycles. The molecule has 4 aromatic rings. The molecule has 0 saturated carbocycles. The Labute approximate surface area is 163 Å². The molecule has 2 aromatic carbocycles. The van der Waals surface area contributed by atoms with Crippen LogP contribution in [0, 0.1) is 0 Å². The Kier molecular flexibility index (Phi) is 4.59. The van der Waals surface area contributed by atoms with E-state index < -0.39 is 0 Å². The first kappa shape index (κ1) is 17.0.